The van der Waals surface area contributed by atoms with E-state index < -0.39 is 38.2 Å². The minimum atomic E-state index is -3.57. The maximum absolute atomic E-state index is 14.2. The fraction of sp³-hybridized carbons (Fsp3) is 0.500. The smallest absolute Gasteiger partial charge is 0.304 e. The van der Waals surface area contributed by atoms with Crippen LogP contribution in [0.1, 0.15) is 76.0 Å². The van der Waals surface area contributed by atoms with Crippen molar-refractivity contribution in [3.8, 4) is 0 Å². The van der Waals surface area contributed by atoms with Crippen LogP contribution >= 0.6 is 23.2 Å². The summed E-state index contributed by atoms with van der Waals surface area (Å²) in [5, 5.41) is 10.8. The molecule has 7 nitrogen and oxygen atoms in total. The molecule has 2 aromatic rings. The molecule has 1 heterocycles. The van der Waals surface area contributed by atoms with Gasteiger partial charge < -0.3 is 10.0 Å². The molecule has 2 aromatic carbocycles. The largest absolute Gasteiger partial charge is 0.481 e. The molecule has 1 saturated carbocycles. The number of amides is 1. The van der Waals surface area contributed by atoms with Crippen LogP contribution in [0.3, 0.4) is 0 Å². The number of halogens is 2. The summed E-state index contributed by atoms with van der Waals surface area (Å²) in [5.74, 6) is -1.66. The molecule has 0 unspecified atom stereocenters. The summed E-state index contributed by atoms with van der Waals surface area (Å²) >= 11 is 12.6. The van der Waals surface area contributed by atoms with Gasteiger partial charge in [-0.1, -0.05) is 61.3 Å². The van der Waals surface area contributed by atoms with Crippen LogP contribution in [0.25, 0.3) is 0 Å². The quantitative estimate of drug-likeness (QED) is 0.370. The summed E-state index contributed by atoms with van der Waals surface area (Å²) in [6, 6.07) is 13.7. The molecule has 0 bridgehead atoms. The number of hydrogen-bond acceptors (Lipinski definition) is 4. The molecule has 2 aliphatic rings. The lowest BCUT2D eigenvalue weighted by Gasteiger charge is -2.52. The molecule has 206 valence electrons. The number of nitrogens with one attached hydrogen (secondary N) is 1. The van der Waals surface area contributed by atoms with Gasteiger partial charge in [-0.2, -0.15) is 0 Å². The Bertz CT molecular complexity index is 1310. The number of piperidine rings is 1. The molecule has 0 radical (unpaired) electrons. The fourth-order valence-electron chi connectivity index (χ4n) is 5.55. The highest BCUT2D eigenvalue weighted by molar-refractivity contribution is 7.91. The van der Waals surface area contributed by atoms with Crippen molar-refractivity contribution >= 4 is 45.1 Å². The molecule has 1 aliphatic heterocycles. The predicted molar refractivity (Wildman–Crippen MR) is 149 cm³/mol. The molecule has 10 heteroatoms. The van der Waals surface area contributed by atoms with Crippen molar-refractivity contribution in [3.05, 3.63) is 69.7 Å². The summed E-state index contributed by atoms with van der Waals surface area (Å²) in [4.78, 5) is 27.9. The lowest BCUT2D eigenvalue weighted by Crippen LogP contribution is -2.58. The first-order valence-electron chi connectivity index (χ1n) is 12.8. The van der Waals surface area contributed by atoms with Crippen LogP contribution in [0.5, 0.6) is 0 Å². The highest BCUT2D eigenvalue weighted by atomic mass is 35.5. The number of carbonyl (C=O) groups is 2. The van der Waals surface area contributed by atoms with Crippen LogP contribution in [-0.4, -0.2) is 47.6 Å². The minimum Gasteiger partial charge on any atom is -0.481 e. The molecule has 1 amide bonds. The summed E-state index contributed by atoms with van der Waals surface area (Å²) in [5.41, 5.74) is 0.518. The average molecular weight is 582 g/mol. The van der Waals surface area contributed by atoms with E-state index in [0.717, 1.165) is 11.1 Å². The third-order valence-electron chi connectivity index (χ3n) is 8.11. The number of carboxylic acids is 1. The number of rotatable bonds is 10. The van der Waals surface area contributed by atoms with Crippen molar-refractivity contribution in [1.82, 2.24) is 9.62 Å². The van der Waals surface area contributed by atoms with Crippen LogP contribution in [0.4, 0.5) is 0 Å². The van der Waals surface area contributed by atoms with Crippen molar-refractivity contribution in [2.75, 3.05) is 6.54 Å². The molecule has 2 N–H and O–H groups in total. The van der Waals surface area contributed by atoms with Gasteiger partial charge in [0, 0.05) is 28.5 Å². The van der Waals surface area contributed by atoms with Gasteiger partial charge in [0.2, 0.25) is 15.9 Å². The number of carboxylic acid groups (broad SMARTS) is 1. The van der Waals surface area contributed by atoms with Gasteiger partial charge in [-0.05, 0) is 68.0 Å². The number of nitrogens with zero attached hydrogens (tertiary/aromatic N) is 1. The van der Waals surface area contributed by atoms with Gasteiger partial charge in [0.05, 0.1) is 22.6 Å². The maximum Gasteiger partial charge on any atom is 0.304 e. The van der Waals surface area contributed by atoms with E-state index in [1.54, 1.807) is 36.9 Å². The third kappa shape index (κ3) is 5.74. The van der Waals surface area contributed by atoms with Gasteiger partial charge in [-0.25, -0.2) is 13.1 Å². The highest BCUT2D eigenvalue weighted by Crippen LogP contribution is 2.52. The second-order valence-electron chi connectivity index (χ2n) is 11.1. The molecule has 2 fully saturated rings. The number of aliphatic carboxylic acids is 1. The monoisotopic (exact) mass is 580 g/mol. The first kappa shape index (κ1) is 28.9. The van der Waals surface area contributed by atoms with E-state index in [1.165, 1.54) is 0 Å². The van der Waals surface area contributed by atoms with Gasteiger partial charge in [0.15, 0.2) is 0 Å². The molecular formula is C28H34Cl2N2O5S. The molecule has 1 aliphatic carbocycles. The second kappa shape index (κ2) is 10.8. The first-order valence-corrected chi connectivity index (χ1v) is 15.1. The van der Waals surface area contributed by atoms with Crippen LogP contribution in [-0.2, 0) is 19.6 Å². The van der Waals surface area contributed by atoms with E-state index in [-0.39, 0.29) is 24.8 Å². The van der Waals surface area contributed by atoms with Gasteiger partial charge in [0.25, 0.3) is 0 Å². The van der Waals surface area contributed by atoms with E-state index >= 15 is 0 Å². The fourth-order valence-corrected chi connectivity index (χ4v) is 7.27. The maximum atomic E-state index is 14.2. The average Bonchev–Trinajstić information content (AvgIpc) is 3.61. The van der Waals surface area contributed by atoms with E-state index in [0.29, 0.717) is 35.7 Å². The standard InChI is InChI=1S/C28H34Cl2N2O5S/c1-4-22(17-31-38(36,37)28(3)12-13-28)32-25(18-8-10-20(29)11-9-18)23(19-6-5-7-21(30)14-19)15-27(2,26(32)35)16-24(33)34/h5-11,14,22-23,25,31H,4,12-13,15-17H2,1-3H3,(H,33,34)/t22-,23+,25+,27+/m0/s1. The first-order chi connectivity index (χ1) is 17.8. The zero-order valence-electron chi connectivity index (χ0n) is 21.8. The Morgan fingerprint density at radius 2 is 1.76 bits per heavy atom. The molecule has 4 atom stereocenters. The van der Waals surface area contributed by atoms with Crippen molar-refractivity contribution in [3.63, 3.8) is 0 Å². The Balaban J connectivity index is 1.83. The zero-order chi connectivity index (χ0) is 27.9. The van der Waals surface area contributed by atoms with Crippen molar-refractivity contribution in [2.24, 2.45) is 5.41 Å². The van der Waals surface area contributed by atoms with Gasteiger partial charge in [-0.15, -0.1) is 0 Å². The number of hydrogen-bond donors (Lipinski definition) is 2. The summed E-state index contributed by atoms with van der Waals surface area (Å²) < 4.78 is 27.9. The normalized spacial score (nSPS) is 25.7. The van der Waals surface area contributed by atoms with Crippen LogP contribution in [0.15, 0.2) is 48.5 Å². The second-order valence-corrected chi connectivity index (χ2v) is 14.2. The van der Waals surface area contributed by atoms with Crippen molar-refractivity contribution < 1.29 is 23.1 Å². The number of sulfonamides is 1. The SMILES string of the molecule is CC[C@@H](CNS(=O)(=O)C1(C)CC1)N1C(=O)[C@@](C)(CC(=O)O)C[C@H](c2cccc(Cl)c2)[C@H]1c1ccc(Cl)cc1. The molecule has 1 saturated heterocycles. The summed E-state index contributed by atoms with van der Waals surface area (Å²) in [6.07, 6.45) is 1.63. The predicted octanol–water partition coefficient (Wildman–Crippen LogP) is 5.78. The van der Waals surface area contributed by atoms with Gasteiger partial charge >= 0.3 is 5.97 Å². The summed E-state index contributed by atoms with van der Waals surface area (Å²) in [6.45, 7) is 5.35. The third-order valence-corrected chi connectivity index (χ3v) is 10.8. The minimum absolute atomic E-state index is 0.0374. The lowest BCUT2D eigenvalue weighted by atomic mass is 9.67. The Morgan fingerprint density at radius 1 is 1.11 bits per heavy atom. The molecular weight excluding hydrogens is 547 g/mol. The van der Waals surface area contributed by atoms with Crippen LogP contribution < -0.4 is 4.72 Å². The molecule has 0 aromatic heterocycles. The van der Waals surface area contributed by atoms with Crippen molar-refractivity contribution in [2.45, 2.75) is 75.6 Å². The Labute approximate surface area is 234 Å². The highest BCUT2D eigenvalue weighted by Gasteiger charge is 2.53. The van der Waals surface area contributed by atoms with E-state index in [1.807, 2.05) is 37.3 Å². The number of benzene rings is 2. The van der Waals surface area contributed by atoms with Crippen LogP contribution in [0, 0.1) is 5.41 Å². The number of carbonyl (C=O) groups excluding carboxylic acids is 1. The van der Waals surface area contributed by atoms with Crippen molar-refractivity contribution in [1.29, 1.82) is 0 Å². The Morgan fingerprint density at radius 3 is 2.32 bits per heavy atom. The van der Waals surface area contributed by atoms with Gasteiger partial charge in [-0.3, -0.25) is 9.59 Å². The molecule has 0 spiro atoms. The van der Waals surface area contributed by atoms with Gasteiger partial charge in [0.1, 0.15) is 0 Å². The zero-order valence-corrected chi connectivity index (χ0v) is 24.1. The Hall–Kier alpha value is -2.13. The lowest BCUT2D eigenvalue weighted by molar-refractivity contribution is -0.160. The number of likely N-dealkylation sites (tertiary alicyclic amines) is 1. The summed E-state index contributed by atoms with van der Waals surface area (Å²) in [7, 11) is -3.57. The Kier molecular flexibility index (Phi) is 8.20. The van der Waals surface area contributed by atoms with E-state index in [9.17, 15) is 23.1 Å². The van der Waals surface area contributed by atoms with Crippen LogP contribution in [0.2, 0.25) is 10.0 Å². The topological polar surface area (TPSA) is 104 Å². The van der Waals surface area contributed by atoms with E-state index in [4.69, 9.17) is 23.2 Å². The molecule has 4 rings (SSSR count). The molecule has 38 heavy (non-hydrogen) atoms. The van der Waals surface area contributed by atoms with E-state index in [2.05, 4.69) is 4.72 Å².